The summed E-state index contributed by atoms with van der Waals surface area (Å²) in [6.07, 6.45) is 0. The minimum Gasteiger partial charge on any atom is -0.497 e. The lowest BCUT2D eigenvalue weighted by Crippen LogP contribution is -1.97. The van der Waals surface area contributed by atoms with Gasteiger partial charge in [-0.1, -0.05) is 6.07 Å². The second-order valence-electron chi connectivity index (χ2n) is 4.29. The molecule has 0 bridgehead atoms. The Kier molecular flexibility index (Phi) is 2.83. The third-order valence-electron chi connectivity index (χ3n) is 2.98. The van der Waals surface area contributed by atoms with Crippen LogP contribution < -0.4 is 4.74 Å². The molecule has 0 atom stereocenters. The van der Waals surface area contributed by atoms with Gasteiger partial charge in [0.1, 0.15) is 5.75 Å². The number of hydrogen-bond donors (Lipinski definition) is 1. The van der Waals surface area contributed by atoms with E-state index in [4.69, 9.17) is 17.0 Å². The van der Waals surface area contributed by atoms with Gasteiger partial charge in [0.15, 0.2) is 10.4 Å². The monoisotopic (exact) mass is 271 g/mol. The lowest BCUT2D eigenvalue weighted by molar-refractivity contribution is 0.414. The number of aromatic amines is 1. The van der Waals surface area contributed by atoms with Crippen molar-refractivity contribution in [2.75, 3.05) is 7.11 Å². The molecule has 0 saturated heterocycles. The fourth-order valence-electron chi connectivity index (χ4n) is 2.07. The van der Waals surface area contributed by atoms with Crippen molar-refractivity contribution >= 4 is 23.4 Å². The number of methoxy groups -OCH3 is 1. The molecular weight excluding hydrogens is 258 g/mol. The number of imidazole rings is 1. The van der Waals surface area contributed by atoms with Crippen LogP contribution >= 0.6 is 12.2 Å². The summed E-state index contributed by atoms with van der Waals surface area (Å²) >= 11 is 5.38. The Morgan fingerprint density at radius 2 is 2.11 bits per heavy atom. The largest absolute Gasteiger partial charge is 0.497 e. The molecular formula is C14H13N3OS. The lowest BCUT2D eigenvalue weighted by atomic mass is 10.3. The summed E-state index contributed by atoms with van der Waals surface area (Å²) in [6.45, 7) is 1.96. The zero-order valence-electron chi connectivity index (χ0n) is 10.7. The van der Waals surface area contributed by atoms with Crippen LogP contribution in [0.15, 0.2) is 36.4 Å². The number of nitrogens with one attached hydrogen (secondary N) is 1. The van der Waals surface area contributed by atoms with E-state index < -0.39 is 0 Å². The van der Waals surface area contributed by atoms with E-state index in [1.54, 1.807) is 7.11 Å². The molecule has 0 unspecified atom stereocenters. The number of nitrogens with zero attached hydrogens (tertiary/aromatic N) is 2. The minimum atomic E-state index is 0.626. The van der Waals surface area contributed by atoms with Crippen molar-refractivity contribution in [3.63, 3.8) is 0 Å². The van der Waals surface area contributed by atoms with Crippen LogP contribution in [0.5, 0.6) is 5.75 Å². The summed E-state index contributed by atoms with van der Waals surface area (Å²) < 4.78 is 7.79. The van der Waals surface area contributed by atoms with Crippen LogP contribution in [0.1, 0.15) is 5.69 Å². The summed E-state index contributed by atoms with van der Waals surface area (Å²) in [4.78, 5) is 7.72. The smallest absolute Gasteiger partial charge is 0.184 e. The predicted molar refractivity (Wildman–Crippen MR) is 77.5 cm³/mol. The number of aryl methyl sites for hydroxylation is 1. The molecule has 0 spiro atoms. The number of aromatic nitrogens is 3. The first-order valence-corrected chi connectivity index (χ1v) is 6.32. The first-order valence-electron chi connectivity index (χ1n) is 5.92. The maximum absolute atomic E-state index is 5.38. The average Bonchev–Trinajstić information content (AvgIpc) is 2.74. The highest BCUT2D eigenvalue weighted by molar-refractivity contribution is 7.71. The van der Waals surface area contributed by atoms with E-state index >= 15 is 0 Å². The molecule has 5 heteroatoms. The summed E-state index contributed by atoms with van der Waals surface area (Å²) in [6, 6.07) is 11.7. The molecule has 2 heterocycles. The molecule has 1 N–H and O–H groups in total. The van der Waals surface area contributed by atoms with Gasteiger partial charge in [-0.05, 0) is 43.4 Å². The molecule has 4 nitrogen and oxygen atoms in total. The maximum Gasteiger partial charge on any atom is 0.184 e. The zero-order valence-corrected chi connectivity index (χ0v) is 11.5. The van der Waals surface area contributed by atoms with E-state index in [9.17, 15) is 0 Å². The summed E-state index contributed by atoms with van der Waals surface area (Å²) in [5.41, 5.74) is 3.66. The van der Waals surface area contributed by atoms with Gasteiger partial charge < -0.3 is 9.72 Å². The van der Waals surface area contributed by atoms with Crippen LogP contribution in [0.25, 0.3) is 16.9 Å². The quantitative estimate of drug-likeness (QED) is 0.726. The Balaban J connectivity index is 2.32. The van der Waals surface area contributed by atoms with Crippen LogP contribution in [0.4, 0.5) is 0 Å². The van der Waals surface area contributed by atoms with Crippen molar-refractivity contribution in [1.82, 2.24) is 14.5 Å². The number of pyridine rings is 1. The van der Waals surface area contributed by atoms with Gasteiger partial charge in [0.2, 0.25) is 0 Å². The third-order valence-corrected chi connectivity index (χ3v) is 3.27. The fourth-order valence-corrected chi connectivity index (χ4v) is 2.37. The number of hydrogen-bond acceptors (Lipinski definition) is 3. The van der Waals surface area contributed by atoms with Gasteiger partial charge in [-0.25, -0.2) is 4.98 Å². The van der Waals surface area contributed by atoms with Crippen LogP contribution in [-0.4, -0.2) is 21.6 Å². The van der Waals surface area contributed by atoms with Crippen LogP contribution in [0.2, 0.25) is 0 Å². The molecule has 1 aromatic carbocycles. The van der Waals surface area contributed by atoms with Crippen molar-refractivity contribution in [1.29, 1.82) is 0 Å². The first kappa shape index (κ1) is 11.9. The predicted octanol–water partition coefficient (Wildman–Crippen LogP) is 3.40. The van der Waals surface area contributed by atoms with Gasteiger partial charge in [0.25, 0.3) is 0 Å². The molecule has 0 amide bonds. The molecule has 96 valence electrons. The van der Waals surface area contributed by atoms with E-state index in [0.717, 1.165) is 28.3 Å². The Bertz CT molecular complexity index is 804. The van der Waals surface area contributed by atoms with Crippen LogP contribution in [0.3, 0.4) is 0 Å². The van der Waals surface area contributed by atoms with Gasteiger partial charge in [-0.2, -0.15) is 0 Å². The number of ether oxygens (including phenoxy) is 1. The Labute approximate surface area is 115 Å². The fraction of sp³-hybridized carbons (Fsp3) is 0.143. The Morgan fingerprint density at radius 1 is 1.26 bits per heavy atom. The summed E-state index contributed by atoms with van der Waals surface area (Å²) in [5.74, 6) is 0.793. The van der Waals surface area contributed by atoms with E-state index in [1.807, 2.05) is 47.9 Å². The average molecular weight is 271 g/mol. The highest BCUT2D eigenvalue weighted by Crippen LogP contribution is 2.21. The summed E-state index contributed by atoms with van der Waals surface area (Å²) in [5, 5.41) is 0. The topological polar surface area (TPSA) is 42.8 Å². The van der Waals surface area contributed by atoms with Gasteiger partial charge in [0.05, 0.1) is 18.3 Å². The van der Waals surface area contributed by atoms with E-state index in [1.165, 1.54) is 0 Å². The molecule has 19 heavy (non-hydrogen) atoms. The van der Waals surface area contributed by atoms with Gasteiger partial charge in [0, 0.05) is 11.8 Å². The normalized spacial score (nSPS) is 10.8. The molecule has 0 fully saturated rings. The lowest BCUT2D eigenvalue weighted by Gasteiger charge is -2.06. The zero-order chi connectivity index (χ0) is 13.4. The van der Waals surface area contributed by atoms with Gasteiger partial charge in [-0.15, -0.1) is 0 Å². The van der Waals surface area contributed by atoms with Gasteiger partial charge >= 0.3 is 0 Å². The Hall–Kier alpha value is -2.14. The van der Waals surface area contributed by atoms with Crippen molar-refractivity contribution in [2.24, 2.45) is 0 Å². The van der Waals surface area contributed by atoms with Crippen LogP contribution in [-0.2, 0) is 0 Å². The van der Waals surface area contributed by atoms with Crippen molar-refractivity contribution in [2.45, 2.75) is 6.92 Å². The Morgan fingerprint density at radius 3 is 2.89 bits per heavy atom. The minimum absolute atomic E-state index is 0.626. The third kappa shape index (κ3) is 2.02. The molecule has 0 aliphatic heterocycles. The highest BCUT2D eigenvalue weighted by atomic mass is 32.1. The van der Waals surface area contributed by atoms with E-state index in [0.29, 0.717) is 4.77 Å². The van der Waals surface area contributed by atoms with E-state index in [2.05, 4.69) is 9.97 Å². The number of benzene rings is 1. The van der Waals surface area contributed by atoms with Crippen molar-refractivity contribution in [3.8, 4) is 11.4 Å². The van der Waals surface area contributed by atoms with Crippen molar-refractivity contribution in [3.05, 3.63) is 46.9 Å². The maximum atomic E-state index is 5.38. The second kappa shape index (κ2) is 4.51. The molecule has 2 aromatic heterocycles. The standard InChI is InChI=1S/C14H13N3OS/c1-9-6-7-12-13(15-9)17(14(19)16-12)10-4-3-5-11(8-10)18-2/h3-8H,1-2H3,(H,16,19). The van der Waals surface area contributed by atoms with Crippen molar-refractivity contribution < 1.29 is 4.74 Å². The molecule has 3 aromatic rings. The van der Waals surface area contributed by atoms with Gasteiger partial charge in [-0.3, -0.25) is 4.57 Å². The van der Waals surface area contributed by atoms with E-state index in [-0.39, 0.29) is 0 Å². The highest BCUT2D eigenvalue weighted by Gasteiger charge is 2.08. The molecule has 0 aliphatic carbocycles. The molecule has 0 radical (unpaired) electrons. The molecule has 3 rings (SSSR count). The van der Waals surface area contributed by atoms with Crippen LogP contribution in [0, 0.1) is 11.7 Å². The first-order chi connectivity index (χ1) is 9.19. The second-order valence-corrected chi connectivity index (χ2v) is 4.68. The molecule has 0 aliphatic rings. The SMILES string of the molecule is COc1cccc(-n2c(=S)[nH]c3ccc(C)nc32)c1. The molecule has 0 saturated carbocycles. The number of H-pyrrole nitrogens is 1. The number of rotatable bonds is 2. The summed E-state index contributed by atoms with van der Waals surface area (Å²) in [7, 11) is 1.65. The number of fused-ring (bicyclic) bond motifs is 1.